The molecule has 0 bridgehead atoms. The van der Waals surface area contributed by atoms with Crippen LogP contribution < -0.4 is 15.4 Å². The lowest BCUT2D eigenvalue weighted by atomic mass is 10.3. The van der Waals surface area contributed by atoms with Gasteiger partial charge in [-0.25, -0.2) is 9.37 Å². The molecule has 0 saturated heterocycles. The van der Waals surface area contributed by atoms with E-state index in [0.717, 1.165) is 0 Å². The fourth-order valence-corrected chi connectivity index (χ4v) is 1.59. The molecule has 22 heavy (non-hydrogen) atoms. The number of ether oxygens (including phenoxy) is 1. The van der Waals surface area contributed by atoms with E-state index in [0.29, 0.717) is 17.3 Å². The second-order valence-corrected chi connectivity index (χ2v) is 4.10. The van der Waals surface area contributed by atoms with Gasteiger partial charge in [-0.2, -0.15) is 5.26 Å². The third-order valence-electron chi connectivity index (χ3n) is 2.52. The number of rotatable bonds is 5. The Kier molecular flexibility index (Phi) is 5.70. The largest absolute Gasteiger partial charge is 0.425 e. The second kappa shape index (κ2) is 8.21. The number of benzene rings is 1. The molecule has 1 heterocycles. The number of nitrogens with zero attached hydrogens (tertiary/aromatic N) is 3. The molecule has 112 valence electrons. The number of amidine groups is 1. The first-order valence-electron chi connectivity index (χ1n) is 6.54. The summed E-state index contributed by atoms with van der Waals surface area (Å²) in [5.74, 6) is 1.11. The molecule has 0 saturated carbocycles. The van der Waals surface area contributed by atoms with Crippen LogP contribution in [0.2, 0.25) is 0 Å². The van der Waals surface area contributed by atoms with Crippen molar-refractivity contribution in [2.45, 2.75) is 0 Å². The van der Waals surface area contributed by atoms with Gasteiger partial charge in [0.2, 0.25) is 6.19 Å². The first-order valence-corrected chi connectivity index (χ1v) is 6.54. The molecular weight excluding hydrogens is 285 g/mol. The van der Waals surface area contributed by atoms with Crippen molar-refractivity contribution < 1.29 is 9.13 Å². The molecule has 1 aromatic carbocycles. The molecule has 6 nitrogen and oxygen atoms in total. The van der Waals surface area contributed by atoms with Gasteiger partial charge in [0.05, 0.1) is 11.9 Å². The maximum atomic E-state index is 12.1. The van der Waals surface area contributed by atoms with Crippen molar-refractivity contribution in [3.05, 3.63) is 48.7 Å². The zero-order valence-corrected chi connectivity index (χ0v) is 11.7. The van der Waals surface area contributed by atoms with E-state index in [-0.39, 0.29) is 12.6 Å². The lowest BCUT2D eigenvalue weighted by Crippen LogP contribution is -2.19. The Morgan fingerprint density at radius 1 is 1.27 bits per heavy atom. The fraction of sp³-hybridized carbons (Fsp3) is 0.133. The van der Waals surface area contributed by atoms with Crippen molar-refractivity contribution in [1.29, 1.82) is 5.26 Å². The minimum Gasteiger partial charge on any atom is -0.425 e. The molecule has 0 aliphatic heterocycles. The van der Waals surface area contributed by atoms with Crippen LogP contribution >= 0.6 is 0 Å². The maximum Gasteiger partial charge on any atom is 0.310 e. The molecule has 2 aromatic rings. The number of pyridine rings is 1. The van der Waals surface area contributed by atoms with Gasteiger partial charge in [-0.1, -0.05) is 18.2 Å². The zero-order chi connectivity index (χ0) is 15.6. The number of hydrogen-bond acceptors (Lipinski definition) is 5. The lowest BCUT2D eigenvalue weighted by molar-refractivity contribution is 0.512. The van der Waals surface area contributed by atoms with Gasteiger partial charge in [0.25, 0.3) is 0 Å². The van der Waals surface area contributed by atoms with Gasteiger partial charge in [0.15, 0.2) is 0 Å². The predicted octanol–water partition coefficient (Wildman–Crippen LogP) is 2.79. The number of para-hydroxylation sites is 1. The summed E-state index contributed by atoms with van der Waals surface area (Å²) in [5.41, 5.74) is 0.593. The van der Waals surface area contributed by atoms with Gasteiger partial charge in [-0.15, -0.1) is 4.99 Å². The Hall–Kier alpha value is -3.14. The number of hydrogen-bond donors (Lipinski definition) is 2. The molecule has 0 aliphatic carbocycles. The van der Waals surface area contributed by atoms with Crippen LogP contribution in [0.5, 0.6) is 5.75 Å². The van der Waals surface area contributed by atoms with Crippen LogP contribution in [-0.4, -0.2) is 24.2 Å². The summed E-state index contributed by atoms with van der Waals surface area (Å²) in [7, 11) is 0. The van der Waals surface area contributed by atoms with E-state index in [2.05, 4.69) is 20.6 Å². The average molecular weight is 299 g/mol. The zero-order valence-electron chi connectivity index (χ0n) is 11.7. The van der Waals surface area contributed by atoms with E-state index in [4.69, 9.17) is 10.00 Å². The van der Waals surface area contributed by atoms with Crippen LogP contribution in [0.15, 0.2) is 53.7 Å². The normalized spacial score (nSPS) is 10.6. The summed E-state index contributed by atoms with van der Waals surface area (Å²) in [4.78, 5) is 7.69. The molecule has 0 amide bonds. The lowest BCUT2D eigenvalue weighted by Gasteiger charge is -2.10. The molecule has 0 aliphatic rings. The predicted molar refractivity (Wildman–Crippen MR) is 82.4 cm³/mol. The molecule has 1 aromatic heterocycles. The van der Waals surface area contributed by atoms with Gasteiger partial charge < -0.3 is 15.4 Å². The Morgan fingerprint density at radius 3 is 2.73 bits per heavy atom. The molecule has 0 atom stereocenters. The number of nitrogens with one attached hydrogen (secondary N) is 2. The van der Waals surface area contributed by atoms with Crippen LogP contribution in [0.25, 0.3) is 0 Å². The van der Waals surface area contributed by atoms with E-state index in [9.17, 15) is 4.39 Å². The molecule has 7 heteroatoms. The average Bonchev–Trinajstić information content (AvgIpc) is 2.55. The van der Waals surface area contributed by atoms with Gasteiger partial charge in [0.1, 0.15) is 18.2 Å². The summed E-state index contributed by atoms with van der Waals surface area (Å²) in [6.45, 7) is -0.260. The highest BCUT2D eigenvalue weighted by atomic mass is 19.1. The Balaban J connectivity index is 2.02. The van der Waals surface area contributed by atoms with Crippen LogP contribution in [0.1, 0.15) is 0 Å². The summed E-state index contributed by atoms with van der Waals surface area (Å²) in [6.07, 6.45) is 3.20. The highest BCUT2D eigenvalue weighted by molar-refractivity contribution is 5.91. The van der Waals surface area contributed by atoms with Crippen LogP contribution in [0, 0.1) is 11.5 Å². The number of aliphatic imine (C=N–C) groups is 1. The smallest absolute Gasteiger partial charge is 0.310 e. The molecule has 2 N–H and O–H groups in total. The molecule has 0 spiro atoms. The quantitative estimate of drug-likeness (QED) is 0.504. The molecule has 0 unspecified atom stereocenters. The number of halogens is 1. The van der Waals surface area contributed by atoms with Crippen molar-refractivity contribution in [2.75, 3.05) is 23.9 Å². The summed E-state index contributed by atoms with van der Waals surface area (Å²) >= 11 is 0. The van der Waals surface area contributed by atoms with E-state index in [1.165, 1.54) is 6.20 Å². The minimum absolute atomic E-state index is 0.0416. The Labute approximate surface area is 127 Å². The van der Waals surface area contributed by atoms with Crippen molar-refractivity contribution in [1.82, 2.24) is 4.98 Å². The fourth-order valence-electron chi connectivity index (χ4n) is 1.59. The van der Waals surface area contributed by atoms with Crippen molar-refractivity contribution >= 4 is 17.5 Å². The maximum absolute atomic E-state index is 12.1. The van der Waals surface area contributed by atoms with Crippen LogP contribution in [0.4, 0.5) is 15.9 Å². The third-order valence-corrected chi connectivity index (χ3v) is 2.52. The van der Waals surface area contributed by atoms with Crippen molar-refractivity contribution in [3.63, 3.8) is 0 Å². The monoisotopic (exact) mass is 299 g/mol. The molecular formula is C15H14FN5O. The Morgan fingerprint density at radius 2 is 2.09 bits per heavy atom. The highest BCUT2D eigenvalue weighted by Crippen LogP contribution is 2.12. The van der Waals surface area contributed by atoms with E-state index >= 15 is 0 Å². The standard InChI is InChI=1S/C15H14FN5O/c16-8-9-18-14-7-6-12(10-19-14)21-15(20-11-17)22-13-4-2-1-3-5-13/h1-7,10H,8-9H2,(H,18,19)(H,20,21). The number of alkyl halides is 1. The summed E-state index contributed by atoms with van der Waals surface area (Å²) < 4.78 is 17.5. The van der Waals surface area contributed by atoms with Crippen molar-refractivity contribution in [3.8, 4) is 11.9 Å². The van der Waals surface area contributed by atoms with E-state index < -0.39 is 6.67 Å². The SMILES string of the molecule is N#C/N=C(/Nc1ccc(NCCF)nc1)Oc1ccccc1. The van der Waals surface area contributed by atoms with Gasteiger partial charge in [-0.05, 0) is 24.3 Å². The van der Waals surface area contributed by atoms with E-state index in [1.54, 1.807) is 30.5 Å². The molecule has 0 fully saturated rings. The molecule has 2 rings (SSSR count). The Bertz CT molecular complexity index is 652. The molecule has 0 radical (unpaired) electrons. The number of anilines is 2. The minimum atomic E-state index is -0.467. The van der Waals surface area contributed by atoms with Gasteiger partial charge in [-0.3, -0.25) is 0 Å². The third kappa shape index (κ3) is 4.76. The van der Waals surface area contributed by atoms with Crippen LogP contribution in [0.3, 0.4) is 0 Å². The first-order chi connectivity index (χ1) is 10.8. The summed E-state index contributed by atoms with van der Waals surface area (Å²) in [5, 5.41) is 14.4. The van der Waals surface area contributed by atoms with Gasteiger partial charge >= 0.3 is 6.02 Å². The van der Waals surface area contributed by atoms with Crippen LogP contribution in [-0.2, 0) is 0 Å². The topological polar surface area (TPSA) is 82.3 Å². The van der Waals surface area contributed by atoms with Crippen molar-refractivity contribution in [2.24, 2.45) is 4.99 Å². The highest BCUT2D eigenvalue weighted by Gasteiger charge is 2.04. The number of nitriles is 1. The first kappa shape index (κ1) is 15.3. The number of aromatic nitrogens is 1. The van der Waals surface area contributed by atoms with Gasteiger partial charge in [0, 0.05) is 6.54 Å². The summed E-state index contributed by atoms with van der Waals surface area (Å²) in [6, 6.07) is 12.4. The second-order valence-electron chi connectivity index (χ2n) is 4.10. The van der Waals surface area contributed by atoms with E-state index in [1.807, 2.05) is 18.2 Å².